The summed E-state index contributed by atoms with van der Waals surface area (Å²) in [6.07, 6.45) is 0. The molecule has 1 unspecified atom stereocenters. The van der Waals surface area contributed by atoms with Crippen molar-refractivity contribution in [2.75, 3.05) is 12.8 Å². The highest BCUT2D eigenvalue weighted by Gasteiger charge is 2.17. The molecule has 5 heteroatoms. The summed E-state index contributed by atoms with van der Waals surface area (Å²) in [7, 11) is 1.65. The van der Waals surface area contributed by atoms with Crippen molar-refractivity contribution in [1.82, 2.24) is 9.55 Å². The molecule has 104 valence electrons. The first-order valence-electron chi connectivity index (χ1n) is 6.48. The number of aryl methyl sites for hydroxylation is 1. The van der Waals surface area contributed by atoms with Gasteiger partial charge in [-0.25, -0.2) is 4.98 Å². The molecule has 0 saturated carbocycles. The Balaban J connectivity index is 2.13. The number of hydrogen-bond acceptors (Lipinski definition) is 4. The van der Waals surface area contributed by atoms with Gasteiger partial charge in [-0.1, -0.05) is 0 Å². The maximum Gasteiger partial charge on any atom is 0.201 e. The maximum absolute atomic E-state index is 6.11. The van der Waals surface area contributed by atoms with E-state index in [-0.39, 0.29) is 6.04 Å². The number of aromatic nitrogens is 2. The third kappa shape index (κ3) is 2.04. The second-order valence-electron chi connectivity index (χ2n) is 4.82. The lowest BCUT2D eigenvalue weighted by Crippen LogP contribution is -2.08. The summed E-state index contributed by atoms with van der Waals surface area (Å²) in [6, 6.07) is 10.3. The molecule has 0 spiro atoms. The van der Waals surface area contributed by atoms with E-state index in [0.717, 1.165) is 16.8 Å². The van der Waals surface area contributed by atoms with Crippen molar-refractivity contribution in [3.63, 3.8) is 0 Å². The van der Waals surface area contributed by atoms with Crippen LogP contribution in [0.25, 0.3) is 11.0 Å². The van der Waals surface area contributed by atoms with E-state index in [0.29, 0.717) is 5.95 Å². The number of thiophene rings is 1. The van der Waals surface area contributed by atoms with Gasteiger partial charge in [-0.2, -0.15) is 0 Å². The molecule has 20 heavy (non-hydrogen) atoms. The standard InChI is InChI=1S/C15H17N3OS/c1-9-4-7-14(20-9)10(2)18-13-6-5-11(19-3)8-12(13)17-15(18)16/h4-8,10H,1-3H3,(H2,16,17). The van der Waals surface area contributed by atoms with Gasteiger partial charge < -0.3 is 15.0 Å². The van der Waals surface area contributed by atoms with E-state index < -0.39 is 0 Å². The molecule has 3 rings (SSSR count). The Labute approximate surface area is 121 Å². The van der Waals surface area contributed by atoms with E-state index in [1.807, 2.05) is 18.2 Å². The maximum atomic E-state index is 6.11. The molecule has 0 aliphatic rings. The summed E-state index contributed by atoms with van der Waals surface area (Å²) >= 11 is 1.79. The summed E-state index contributed by atoms with van der Waals surface area (Å²) in [6.45, 7) is 4.26. The van der Waals surface area contributed by atoms with Gasteiger partial charge in [0, 0.05) is 15.8 Å². The number of benzene rings is 1. The minimum absolute atomic E-state index is 0.173. The number of imidazole rings is 1. The fourth-order valence-corrected chi connectivity index (χ4v) is 3.36. The van der Waals surface area contributed by atoms with E-state index >= 15 is 0 Å². The zero-order valence-electron chi connectivity index (χ0n) is 11.8. The summed E-state index contributed by atoms with van der Waals surface area (Å²) in [5.74, 6) is 1.33. The Bertz CT molecular complexity index is 760. The van der Waals surface area contributed by atoms with E-state index in [9.17, 15) is 0 Å². The summed E-state index contributed by atoms with van der Waals surface area (Å²) < 4.78 is 7.30. The third-order valence-electron chi connectivity index (χ3n) is 3.48. The molecular formula is C15H17N3OS. The number of hydrogen-bond donors (Lipinski definition) is 1. The molecule has 0 fully saturated rings. The van der Waals surface area contributed by atoms with E-state index in [2.05, 4.69) is 35.5 Å². The zero-order chi connectivity index (χ0) is 14.3. The van der Waals surface area contributed by atoms with E-state index in [4.69, 9.17) is 10.5 Å². The zero-order valence-corrected chi connectivity index (χ0v) is 12.6. The van der Waals surface area contributed by atoms with Crippen LogP contribution in [0.4, 0.5) is 5.95 Å². The van der Waals surface area contributed by atoms with Gasteiger partial charge in [0.05, 0.1) is 24.2 Å². The molecule has 0 aliphatic heterocycles. The first kappa shape index (κ1) is 13.0. The molecule has 1 atom stereocenters. The van der Waals surface area contributed by atoms with Crippen molar-refractivity contribution in [2.24, 2.45) is 0 Å². The lowest BCUT2D eigenvalue weighted by atomic mass is 10.2. The molecule has 0 bridgehead atoms. The molecular weight excluding hydrogens is 270 g/mol. The number of fused-ring (bicyclic) bond motifs is 1. The van der Waals surface area contributed by atoms with Gasteiger partial charge in [-0.05, 0) is 38.1 Å². The Morgan fingerprint density at radius 2 is 2.10 bits per heavy atom. The average Bonchev–Trinajstić information content (AvgIpc) is 3.00. The molecule has 0 radical (unpaired) electrons. The largest absolute Gasteiger partial charge is 0.497 e. The smallest absolute Gasteiger partial charge is 0.201 e. The number of methoxy groups -OCH3 is 1. The fraction of sp³-hybridized carbons (Fsp3) is 0.267. The fourth-order valence-electron chi connectivity index (χ4n) is 2.44. The van der Waals surface area contributed by atoms with Crippen molar-refractivity contribution < 1.29 is 4.74 Å². The van der Waals surface area contributed by atoms with Crippen LogP contribution >= 0.6 is 11.3 Å². The molecule has 2 heterocycles. The molecule has 1 aromatic carbocycles. The normalized spacial score (nSPS) is 12.8. The topological polar surface area (TPSA) is 53.1 Å². The van der Waals surface area contributed by atoms with Crippen LogP contribution in [0.3, 0.4) is 0 Å². The van der Waals surface area contributed by atoms with Crippen LogP contribution < -0.4 is 10.5 Å². The lowest BCUT2D eigenvalue weighted by Gasteiger charge is -2.14. The Morgan fingerprint density at radius 3 is 2.75 bits per heavy atom. The van der Waals surface area contributed by atoms with Crippen molar-refractivity contribution >= 4 is 28.3 Å². The number of nitrogens with two attached hydrogens (primary N) is 1. The third-order valence-corrected chi connectivity index (χ3v) is 4.66. The van der Waals surface area contributed by atoms with Gasteiger partial charge in [0.15, 0.2) is 0 Å². The number of ether oxygens (including phenoxy) is 1. The first-order valence-corrected chi connectivity index (χ1v) is 7.29. The van der Waals surface area contributed by atoms with Crippen LogP contribution in [0.1, 0.15) is 22.7 Å². The van der Waals surface area contributed by atoms with E-state index in [1.165, 1.54) is 9.75 Å². The van der Waals surface area contributed by atoms with Crippen LogP contribution in [-0.4, -0.2) is 16.7 Å². The molecule has 4 nitrogen and oxygen atoms in total. The first-order chi connectivity index (χ1) is 9.60. The minimum Gasteiger partial charge on any atom is -0.497 e. The average molecular weight is 287 g/mol. The van der Waals surface area contributed by atoms with Gasteiger partial charge in [0.25, 0.3) is 0 Å². The predicted octanol–water partition coefficient (Wildman–Crippen LogP) is 3.61. The van der Waals surface area contributed by atoms with Crippen molar-refractivity contribution in [3.05, 3.63) is 40.1 Å². The summed E-state index contributed by atoms with van der Waals surface area (Å²) in [5.41, 5.74) is 8.00. The van der Waals surface area contributed by atoms with Crippen LogP contribution in [0, 0.1) is 6.92 Å². The van der Waals surface area contributed by atoms with Crippen LogP contribution in [0.5, 0.6) is 5.75 Å². The minimum atomic E-state index is 0.173. The molecule has 0 aliphatic carbocycles. The van der Waals surface area contributed by atoms with Crippen LogP contribution in [0.2, 0.25) is 0 Å². The molecule has 0 amide bonds. The molecule has 2 N–H and O–H groups in total. The Morgan fingerprint density at radius 1 is 1.30 bits per heavy atom. The second kappa shape index (κ2) is 4.83. The van der Waals surface area contributed by atoms with Gasteiger partial charge >= 0.3 is 0 Å². The highest BCUT2D eigenvalue weighted by molar-refractivity contribution is 7.12. The Hall–Kier alpha value is -2.01. The Kier molecular flexibility index (Phi) is 3.14. The van der Waals surface area contributed by atoms with Crippen LogP contribution in [-0.2, 0) is 0 Å². The quantitative estimate of drug-likeness (QED) is 0.800. The lowest BCUT2D eigenvalue weighted by molar-refractivity contribution is 0.415. The summed E-state index contributed by atoms with van der Waals surface area (Å²) in [4.78, 5) is 7.02. The number of nitrogen functional groups attached to an aromatic ring is 1. The second-order valence-corrected chi connectivity index (χ2v) is 6.14. The SMILES string of the molecule is COc1ccc2c(c1)nc(N)n2C(C)c1ccc(C)s1. The summed E-state index contributed by atoms with van der Waals surface area (Å²) in [5, 5.41) is 0. The highest BCUT2D eigenvalue weighted by atomic mass is 32.1. The van der Waals surface area contributed by atoms with Crippen molar-refractivity contribution in [1.29, 1.82) is 0 Å². The van der Waals surface area contributed by atoms with Gasteiger partial charge in [0.1, 0.15) is 5.75 Å². The van der Waals surface area contributed by atoms with Crippen LogP contribution in [0.15, 0.2) is 30.3 Å². The molecule has 0 saturated heterocycles. The van der Waals surface area contributed by atoms with Crippen molar-refractivity contribution in [2.45, 2.75) is 19.9 Å². The highest BCUT2D eigenvalue weighted by Crippen LogP contribution is 2.32. The monoisotopic (exact) mass is 287 g/mol. The molecule has 3 aromatic rings. The number of anilines is 1. The van der Waals surface area contributed by atoms with E-state index in [1.54, 1.807) is 18.4 Å². The number of rotatable bonds is 3. The predicted molar refractivity (Wildman–Crippen MR) is 83.6 cm³/mol. The van der Waals surface area contributed by atoms with Gasteiger partial charge in [0.2, 0.25) is 5.95 Å². The van der Waals surface area contributed by atoms with Crippen molar-refractivity contribution in [3.8, 4) is 5.75 Å². The van der Waals surface area contributed by atoms with Gasteiger partial charge in [-0.15, -0.1) is 11.3 Å². The number of nitrogens with zero attached hydrogens (tertiary/aromatic N) is 2. The van der Waals surface area contributed by atoms with Gasteiger partial charge in [-0.3, -0.25) is 0 Å². The molecule has 2 aromatic heterocycles.